The molecule has 1 aromatic carbocycles. The van der Waals surface area contributed by atoms with Gasteiger partial charge in [0, 0.05) is 6.42 Å². The number of ether oxygens (including phenoxy) is 1. The second-order valence-electron chi connectivity index (χ2n) is 13.3. The first-order valence-electron chi connectivity index (χ1n) is 14.4. The number of carbonyl (C=O) groups is 1. The zero-order valence-electron chi connectivity index (χ0n) is 23.0. The summed E-state index contributed by atoms with van der Waals surface area (Å²) in [5.74, 6) is 2.50. The molecule has 4 aliphatic carbocycles. The van der Waals surface area contributed by atoms with Gasteiger partial charge < -0.3 is 4.74 Å². The van der Waals surface area contributed by atoms with Gasteiger partial charge in [0.05, 0.1) is 17.6 Å². The van der Waals surface area contributed by atoms with Crippen molar-refractivity contribution in [3.8, 4) is 0 Å². The number of epoxide rings is 1. The maximum atomic E-state index is 12.9. The molecule has 0 bridgehead atoms. The van der Waals surface area contributed by atoms with E-state index in [0.29, 0.717) is 30.1 Å². The van der Waals surface area contributed by atoms with Crippen molar-refractivity contribution in [1.82, 2.24) is 0 Å². The van der Waals surface area contributed by atoms with Gasteiger partial charge in [-0.25, -0.2) is 0 Å². The van der Waals surface area contributed by atoms with Gasteiger partial charge in [0.2, 0.25) is 0 Å². The topological polar surface area (TPSA) is 73.0 Å². The Balaban J connectivity index is 1.22. The summed E-state index contributed by atoms with van der Waals surface area (Å²) in [6, 6.07) is 6.88. The van der Waals surface area contributed by atoms with Gasteiger partial charge in [0.25, 0.3) is 10.1 Å². The first-order chi connectivity index (χ1) is 17.5. The predicted molar refractivity (Wildman–Crippen MR) is 142 cm³/mol. The molecule has 0 spiro atoms. The van der Waals surface area contributed by atoms with Crippen LogP contribution in [0.3, 0.4) is 0 Å². The highest BCUT2D eigenvalue weighted by Crippen LogP contribution is 2.74. The molecular formula is C31H42O5S. The molecule has 1 aliphatic heterocycles. The lowest BCUT2D eigenvalue weighted by Gasteiger charge is -2.58. The van der Waals surface area contributed by atoms with Gasteiger partial charge in [-0.3, -0.25) is 8.98 Å². The fourth-order valence-electron chi connectivity index (χ4n) is 9.60. The molecule has 1 saturated heterocycles. The molecule has 3 saturated carbocycles. The number of aryl methyl sites for hydroxylation is 1. The Morgan fingerprint density at radius 2 is 1.81 bits per heavy atom. The highest BCUT2D eigenvalue weighted by molar-refractivity contribution is 7.86. The summed E-state index contributed by atoms with van der Waals surface area (Å²) < 4.78 is 38.0. The number of hydrogen-bond acceptors (Lipinski definition) is 5. The molecular weight excluding hydrogens is 484 g/mol. The van der Waals surface area contributed by atoms with Crippen LogP contribution in [-0.4, -0.2) is 32.5 Å². The molecule has 5 aliphatic rings. The maximum absolute atomic E-state index is 12.9. The molecule has 6 heteroatoms. The lowest BCUT2D eigenvalue weighted by Crippen LogP contribution is -2.56. The Hall–Kier alpha value is -1.50. The fourth-order valence-corrected chi connectivity index (χ4v) is 10.6. The van der Waals surface area contributed by atoms with Crippen molar-refractivity contribution in [2.24, 2.45) is 40.4 Å². The van der Waals surface area contributed by atoms with Gasteiger partial charge in [-0.1, -0.05) is 45.4 Å². The second-order valence-corrected chi connectivity index (χ2v) is 14.9. The summed E-state index contributed by atoms with van der Waals surface area (Å²) in [7, 11) is -3.76. The van der Waals surface area contributed by atoms with Gasteiger partial charge in [-0.05, 0) is 110 Å². The molecule has 0 unspecified atom stereocenters. The molecule has 4 fully saturated rings. The summed E-state index contributed by atoms with van der Waals surface area (Å²) in [6.45, 7) is 11.4. The van der Waals surface area contributed by atoms with Crippen LogP contribution in [0, 0.1) is 47.3 Å². The zero-order valence-corrected chi connectivity index (χ0v) is 23.8. The normalized spacial score (nSPS) is 43.2. The van der Waals surface area contributed by atoms with E-state index < -0.39 is 10.1 Å². The Bertz CT molecular complexity index is 1230. The monoisotopic (exact) mass is 526 g/mol. The zero-order chi connectivity index (χ0) is 26.4. The van der Waals surface area contributed by atoms with Gasteiger partial charge >= 0.3 is 0 Å². The van der Waals surface area contributed by atoms with Crippen molar-refractivity contribution < 1.29 is 22.1 Å². The minimum absolute atomic E-state index is 0.0534. The van der Waals surface area contributed by atoms with Crippen LogP contribution >= 0.6 is 0 Å². The average molecular weight is 527 g/mol. The van der Waals surface area contributed by atoms with Crippen LogP contribution in [0.5, 0.6) is 0 Å². The van der Waals surface area contributed by atoms with E-state index in [2.05, 4.69) is 27.7 Å². The highest BCUT2D eigenvalue weighted by atomic mass is 32.2. The number of fused-ring (bicyclic) bond motifs is 8. The molecule has 0 radical (unpaired) electrons. The van der Waals surface area contributed by atoms with Gasteiger partial charge in [0.15, 0.2) is 5.78 Å². The van der Waals surface area contributed by atoms with Crippen LogP contribution in [0.1, 0.15) is 78.2 Å². The summed E-state index contributed by atoms with van der Waals surface area (Å²) >= 11 is 0. The Kier molecular flexibility index (Phi) is 5.92. The van der Waals surface area contributed by atoms with Crippen molar-refractivity contribution in [3.05, 3.63) is 41.5 Å². The maximum Gasteiger partial charge on any atom is 0.296 e. The molecule has 6 rings (SSSR count). The third-order valence-electron chi connectivity index (χ3n) is 11.6. The predicted octanol–water partition coefficient (Wildman–Crippen LogP) is 6.25. The van der Waals surface area contributed by atoms with E-state index in [1.807, 2.05) is 25.1 Å². The van der Waals surface area contributed by atoms with Crippen LogP contribution in [0.15, 0.2) is 40.8 Å². The van der Waals surface area contributed by atoms with E-state index >= 15 is 0 Å². The minimum Gasteiger partial charge on any atom is -0.361 e. The van der Waals surface area contributed by atoms with Crippen LogP contribution < -0.4 is 0 Å². The molecule has 5 nitrogen and oxygen atoms in total. The quantitative estimate of drug-likeness (QED) is 0.323. The van der Waals surface area contributed by atoms with E-state index in [4.69, 9.17) is 8.92 Å². The number of benzene rings is 1. The number of ketones is 1. The van der Waals surface area contributed by atoms with Crippen LogP contribution in [0.2, 0.25) is 0 Å². The SMILES string of the molecule is CC[C@]12O[C@H]1[C@H]1[C@@H]3CC[C@H]([C@H](C)COS(=O)(=O)c4ccc(C)cc4)[C@@]3(C)CC[C@@H]1[C@@]1(C)CCC(=O)C=C12. The molecule has 1 heterocycles. The lowest BCUT2D eigenvalue weighted by atomic mass is 9.44. The van der Waals surface area contributed by atoms with Crippen LogP contribution in [-0.2, 0) is 23.8 Å². The van der Waals surface area contributed by atoms with Gasteiger partial charge in [-0.15, -0.1) is 0 Å². The third-order valence-corrected chi connectivity index (χ3v) is 12.9. The molecule has 202 valence electrons. The molecule has 0 aromatic heterocycles. The Morgan fingerprint density at radius 3 is 2.51 bits per heavy atom. The van der Waals surface area contributed by atoms with Gasteiger partial charge in [-0.2, -0.15) is 8.42 Å². The van der Waals surface area contributed by atoms with Crippen LogP contribution in [0.4, 0.5) is 0 Å². The Labute approximate surface area is 222 Å². The largest absolute Gasteiger partial charge is 0.361 e. The van der Waals surface area contributed by atoms with E-state index in [-0.39, 0.29) is 45.7 Å². The standard InChI is InChI=1S/C31H42O5S/c1-6-31-26-17-21(32)13-15-30(26,5)25-14-16-29(4)23(11-12-24(29)27(25)28(31)36-31)20(3)18-35-37(33,34)22-9-7-19(2)8-10-22/h7-10,17,20,23-25,27-28H,6,11-16,18H2,1-5H3/t20-,23-,24+,25+,27+,28+,29-,30-,31-/m1/s1. The van der Waals surface area contributed by atoms with E-state index in [9.17, 15) is 13.2 Å². The average Bonchev–Trinajstić information content (AvgIpc) is 3.51. The van der Waals surface area contributed by atoms with Gasteiger partial charge in [0.1, 0.15) is 5.60 Å². The summed E-state index contributed by atoms with van der Waals surface area (Å²) in [5.41, 5.74) is 2.30. The van der Waals surface area contributed by atoms with Crippen molar-refractivity contribution in [2.45, 2.75) is 96.2 Å². The first kappa shape index (κ1) is 25.8. The van der Waals surface area contributed by atoms with E-state index in [1.54, 1.807) is 12.1 Å². The third kappa shape index (κ3) is 3.68. The van der Waals surface area contributed by atoms with Crippen LogP contribution in [0.25, 0.3) is 0 Å². The lowest BCUT2D eigenvalue weighted by molar-refractivity contribution is -0.117. The molecule has 9 atom stereocenters. The second kappa shape index (κ2) is 8.50. The van der Waals surface area contributed by atoms with E-state index in [0.717, 1.165) is 37.7 Å². The summed E-state index contributed by atoms with van der Waals surface area (Å²) in [6.07, 6.45) is 9.32. The minimum atomic E-state index is -3.76. The van der Waals surface area contributed by atoms with Crippen molar-refractivity contribution in [2.75, 3.05) is 6.61 Å². The fraction of sp³-hybridized carbons (Fsp3) is 0.710. The number of rotatable bonds is 6. The summed E-state index contributed by atoms with van der Waals surface area (Å²) in [5, 5.41) is 0. The number of carbonyl (C=O) groups excluding carboxylic acids is 1. The number of hydrogen-bond donors (Lipinski definition) is 0. The molecule has 37 heavy (non-hydrogen) atoms. The van der Waals surface area contributed by atoms with Crippen molar-refractivity contribution >= 4 is 15.9 Å². The van der Waals surface area contributed by atoms with E-state index in [1.165, 1.54) is 12.0 Å². The molecule has 0 N–H and O–H groups in total. The summed E-state index contributed by atoms with van der Waals surface area (Å²) in [4.78, 5) is 12.7. The Morgan fingerprint density at radius 1 is 1.08 bits per heavy atom. The highest BCUT2D eigenvalue weighted by Gasteiger charge is 2.75. The smallest absolute Gasteiger partial charge is 0.296 e. The molecule has 0 amide bonds. The van der Waals surface area contributed by atoms with Crippen molar-refractivity contribution in [1.29, 1.82) is 0 Å². The molecule has 1 aromatic rings. The van der Waals surface area contributed by atoms with Crippen molar-refractivity contribution in [3.63, 3.8) is 0 Å². The first-order valence-corrected chi connectivity index (χ1v) is 15.8.